The normalized spacial score (nSPS) is 53.9. The maximum Gasteiger partial charge on any atom is 0.308 e. The Balaban J connectivity index is 1.57. The number of hydrogen-bond acceptors (Lipinski definition) is 2. The maximum absolute atomic E-state index is 12.0. The van der Waals surface area contributed by atoms with Crippen molar-refractivity contribution in [1.29, 1.82) is 0 Å². The van der Waals surface area contributed by atoms with Crippen molar-refractivity contribution in [2.45, 2.75) is 58.5 Å². The Bertz CT molecular complexity index is 415. The molecule has 0 saturated heterocycles. The van der Waals surface area contributed by atoms with E-state index < -0.39 is 0 Å². The van der Waals surface area contributed by atoms with Gasteiger partial charge in [0.1, 0.15) is 5.60 Å². The molecule has 0 aromatic rings. The van der Waals surface area contributed by atoms with E-state index in [9.17, 15) is 4.79 Å². The molecule has 0 N–H and O–H groups in total. The summed E-state index contributed by atoms with van der Waals surface area (Å²) in [6, 6.07) is 0. The number of esters is 1. The first kappa shape index (κ1) is 12.2. The van der Waals surface area contributed by atoms with Crippen LogP contribution in [0.15, 0.2) is 0 Å². The predicted octanol–water partition coefficient (Wildman–Crippen LogP) is 3.65. The third-order valence-electron chi connectivity index (χ3n) is 6.87. The second kappa shape index (κ2) is 3.77. The summed E-state index contributed by atoms with van der Waals surface area (Å²) in [4.78, 5) is 12.0. The zero-order chi connectivity index (χ0) is 13.4. The smallest absolute Gasteiger partial charge is 0.308 e. The van der Waals surface area contributed by atoms with Gasteiger partial charge in [0.15, 0.2) is 0 Å². The van der Waals surface area contributed by atoms with Crippen LogP contribution in [0.5, 0.6) is 0 Å². The minimum atomic E-state index is -0.141. The average Bonchev–Trinajstić information content (AvgIpc) is 3.03. The molecule has 4 rings (SSSR count). The Morgan fingerprint density at radius 3 is 2.47 bits per heavy atom. The fourth-order valence-corrected chi connectivity index (χ4v) is 6.33. The number of rotatable bonds is 2. The van der Waals surface area contributed by atoms with Crippen LogP contribution in [0.2, 0.25) is 0 Å². The van der Waals surface area contributed by atoms with E-state index in [1.54, 1.807) is 0 Å². The molecule has 0 aliphatic heterocycles. The summed E-state index contributed by atoms with van der Waals surface area (Å²) < 4.78 is 5.97. The number of fused-ring (bicyclic) bond motifs is 9. The summed E-state index contributed by atoms with van der Waals surface area (Å²) in [5.41, 5.74) is -0.141. The van der Waals surface area contributed by atoms with Gasteiger partial charge in [0, 0.05) is 5.92 Å². The standard InChI is InChI=1S/C17H26O2/c1-9(2)16(18)19-17(3)8-12-7-13(17)15-11-5-4-10(6-11)14(12)15/h9-15H,4-8H2,1-3H3/t10?,11?,12-,13?,14?,15?,17?/m0/s1. The fourth-order valence-electron chi connectivity index (χ4n) is 6.33. The highest BCUT2D eigenvalue weighted by Crippen LogP contribution is 2.70. The molecular weight excluding hydrogens is 236 g/mol. The van der Waals surface area contributed by atoms with Crippen molar-refractivity contribution in [1.82, 2.24) is 0 Å². The van der Waals surface area contributed by atoms with E-state index in [2.05, 4.69) is 6.92 Å². The number of hydrogen-bond donors (Lipinski definition) is 0. The van der Waals surface area contributed by atoms with Gasteiger partial charge in [-0.1, -0.05) is 13.8 Å². The highest BCUT2D eigenvalue weighted by Gasteiger charge is 2.66. The largest absolute Gasteiger partial charge is 0.459 e. The van der Waals surface area contributed by atoms with Gasteiger partial charge in [0.2, 0.25) is 0 Å². The molecule has 4 aliphatic carbocycles. The first-order valence-corrected chi connectivity index (χ1v) is 8.22. The second-order valence-electron chi connectivity index (χ2n) is 8.18. The number of ether oxygens (including phenoxy) is 1. The summed E-state index contributed by atoms with van der Waals surface area (Å²) in [6.45, 7) is 6.11. The molecule has 0 heterocycles. The highest BCUT2D eigenvalue weighted by atomic mass is 16.6. The van der Waals surface area contributed by atoms with Gasteiger partial charge < -0.3 is 4.74 Å². The number of carbonyl (C=O) groups excluding carboxylic acids is 1. The van der Waals surface area contributed by atoms with Crippen LogP contribution in [0.1, 0.15) is 52.9 Å². The van der Waals surface area contributed by atoms with Crippen molar-refractivity contribution < 1.29 is 9.53 Å². The van der Waals surface area contributed by atoms with E-state index in [0.717, 1.165) is 36.0 Å². The van der Waals surface area contributed by atoms with Crippen molar-refractivity contribution in [3.05, 3.63) is 0 Å². The minimum Gasteiger partial charge on any atom is -0.459 e. The van der Waals surface area contributed by atoms with Gasteiger partial charge in [0.25, 0.3) is 0 Å². The lowest BCUT2D eigenvalue weighted by Crippen LogP contribution is -2.46. The number of carbonyl (C=O) groups is 1. The van der Waals surface area contributed by atoms with E-state index in [4.69, 9.17) is 4.74 Å². The molecule has 106 valence electrons. The monoisotopic (exact) mass is 262 g/mol. The SMILES string of the molecule is CC(C)C(=O)OC1(C)C[C@@H]2CC1C1C3CCC(C3)C12. The first-order valence-electron chi connectivity index (χ1n) is 8.22. The molecule has 0 spiro atoms. The van der Waals surface area contributed by atoms with Crippen LogP contribution in [0.25, 0.3) is 0 Å². The zero-order valence-corrected chi connectivity index (χ0v) is 12.4. The zero-order valence-electron chi connectivity index (χ0n) is 12.4. The molecule has 2 heteroatoms. The average molecular weight is 262 g/mol. The third kappa shape index (κ3) is 1.52. The molecule has 0 amide bonds. The van der Waals surface area contributed by atoms with Crippen LogP contribution in [0, 0.1) is 41.4 Å². The molecule has 2 nitrogen and oxygen atoms in total. The summed E-state index contributed by atoms with van der Waals surface area (Å²) in [5.74, 6) is 5.41. The Labute approximate surface area is 116 Å². The first-order chi connectivity index (χ1) is 8.99. The van der Waals surface area contributed by atoms with Gasteiger partial charge in [-0.2, -0.15) is 0 Å². The molecule has 0 aromatic heterocycles. The quantitative estimate of drug-likeness (QED) is 0.561. The van der Waals surface area contributed by atoms with Crippen LogP contribution in [0.4, 0.5) is 0 Å². The van der Waals surface area contributed by atoms with Crippen LogP contribution < -0.4 is 0 Å². The fraction of sp³-hybridized carbons (Fsp3) is 0.941. The Morgan fingerprint density at radius 2 is 1.79 bits per heavy atom. The summed E-state index contributed by atoms with van der Waals surface area (Å²) in [7, 11) is 0. The van der Waals surface area contributed by atoms with Crippen LogP contribution in [-0.2, 0) is 9.53 Å². The lowest BCUT2D eigenvalue weighted by Gasteiger charge is -2.44. The molecule has 19 heavy (non-hydrogen) atoms. The summed E-state index contributed by atoms with van der Waals surface area (Å²) in [5, 5.41) is 0. The Hall–Kier alpha value is -0.530. The summed E-state index contributed by atoms with van der Waals surface area (Å²) in [6.07, 6.45) is 6.89. The Morgan fingerprint density at radius 1 is 1.11 bits per heavy atom. The molecule has 4 fully saturated rings. The van der Waals surface area contributed by atoms with Crippen LogP contribution >= 0.6 is 0 Å². The second-order valence-corrected chi connectivity index (χ2v) is 8.18. The molecule has 6 unspecified atom stereocenters. The van der Waals surface area contributed by atoms with Gasteiger partial charge in [0.05, 0.1) is 5.92 Å². The highest BCUT2D eigenvalue weighted by molar-refractivity contribution is 5.72. The van der Waals surface area contributed by atoms with Gasteiger partial charge in [-0.25, -0.2) is 0 Å². The molecule has 7 atom stereocenters. The lowest BCUT2D eigenvalue weighted by molar-refractivity contribution is -0.172. The lowest BCUT2D eigenvalue weighted by atomic mass is 9.66. The van der Waals surface area contributed by atoms with E-state index in [1.165, 1.54) is 25.7 Å². The molecule has 4 bridgehead atoms. The van der Waals surface area contributed by atoms with Crippen molar-refractivity contribution >= 4 is 5.97 Å². The van der Waals surface area contributed by atoms with E-state index in [1.807, 2.05) is 13.8 Å². The summed E-state index contributed by atoms with van der Waals surface area (Å²) >= 11 is 0. The molecule has 4 aliphatic rings. The van der Waals surface area contributed by atoms with Crippen molar-refractivity contribution in [2.75, 3.05) is 0 Å². The van der Waals surface area contributed by atoms with E-state index in [-0.39, 0.29) is 17.5 Å². The third-order valence-corrected chi connectivity index (χ3v) is 6.87. The molecule has 4 saturated carbocycles. The maximum atomic E-state index is 12.0. The van der Waals surface area contributed by atoms with Crippen molar-refractivity contribution in [3.63, 3.8) is 0 Å². The van der Waals surface area contributed by atoms with Gasteiger partial charge in [-0.05, 0) is 68.6 Å². The van der Waals surface area contributed by atoms with Crippen molar-refractivity contribution in [2.24, 2.45) is 41.4 Å². The Kier molecular flexibility index (Phi) is 2.42. The van der Waals surface area contributed by atoms with E-state index in [0.29, 0.717) is 5.92 Å². The minimum absolute atomic E-state index is 0.00628. The molecule has 0 radical (unpaired) electrons. The van der Waals surface area contributed by atoms with Gasteiger partial charge in [-0.15, -0.1) is 0 Å². The van der Waals surface area contributed by atoms with Crippen LogP contribution in [0.3, 0.4) is 0 Å². The molecular formula is C17H26O2. The molecule has 0 aromatic carbocycles. The predicted molar refractivity (Wildman–Crippen MR) is 73.4 cm³/mol. The van der Waals surface area contributed by atoms with Gasteiger partial charge in [-0.3, -0.25) is 4.79 Å². The van der Waals surface area contributed by atoms with E-state index >= 15 is 0 Å². The van der Waals surface area contributed by atoms with Crippen LogP contribution in [-0.4, -0.2) is 11.6 Å². The van der Waals surface area contributed by atoms with Crippen molar-refractivity contribution in [3.8, 4) is 0 Å². The van der Waals surface area contributed by atoms with Gasteiger partial charge >= 0.3 is 5.97 Å². The topological polar surface area (TPSA) is 26.3 Å².